The number of hydrogen-bond acceptors (Lipinski definition) is 2. The minimum absolute atomic E-state index is 0.842. The van der Waals surface area contributed by atoms with Crippen molar-refractivity contribution in [1.29, 1.82) is 0 Å². The van der Waals surface area contributed by atoms with Crippen molar-refractivity contribution in [3.8, 4) is 0 Å². The van der Waals surface area contributed by atoms with E-state index in [1.165, 1.54) is 32.5 Å². The summed E-state index contributed by atoms with van der Waals surface area (Å²) < 4.78 is 2.48. The Kier molecular flexibility index (Phi) is 2.15. The van der Waals surface area contributed by atoms with Crippen molar-refractivity contribution < 1.29 is 0 Å². The molecule has 0 saturated carbocycles. The minimum Gasteiger partial charge on any atom is -0.315 e. The first-order valence-electron chi connectivity index (χ1n) is 4.01. The summed E-state index contributed by atoms with van der Waals surface area (Å²) in [6.07, 6.45) is 2.84. The van der Waals surface area contributed by atoms with Gasteiger partial charge < -0.3 is 5.32 Å². The number of hydrogen-bond donors (Lipinski definition) is 1. The smallest absolute Gasteiger partial charge is 0.0359 e. The molecule has 10 heavy (non-hydrogen) atoms. The Morgan fingerprint density at radius 3 is 3.10 bits per heavy atom. The predicted molar refractivity (Wildman–Crippen MR) is 50.1 cm³/mol. The van der Waals surface area contributed by atoms with E-state index in [0.29, 0.717) is 0 Å². The molecule has 2 aliphatic heterocycles. The van der Waals surface area contributed by atoms with Crippen LogP contribution in [0.15, 0.2) is 0 Å². The van der Waals surface area contributed by atoms with Gasteiger partial charge in [0.25, 0.3) is 0 Å². The molecule has 2 heterocycles. The lowest BCUT2D eigenvalue weighted by Crippen LogP contribution is -2.38. The van der Waals surface area contributed by atoms with Gasteiger partial charge in [0.05, 0.1) is 0 Å². The van der Waals surface area contributed by atoms with Crippen LogP contribution in [-0.4, -0.2) is 28.8 Å². The third-order valence-electron chi connectivity index (χ3n) is 2.61. The molecule has 2 fully saturated rings. The molecule has 2 saturated heterocycles. The largest absolute Gasteiger partial charge is 0.315 e. The van der Waals surface area contributed by atoms with E-state index in [0.717, 1.165) is 12.0 Å². The maximum Gasteiger partial charge on any atom is 0.0359 e. The van der Waals surface area contributed by atoms with Crippen LogP contribution in [0, 0.1) is 5.92 Å². The van der Waals surface area contributed by atoms with Crippen molar-refractivity contribution >= 4 is 22.9 Å². The Labute approximate surface area is 75.8 Å². The topological polar surface area (TPSA) is 15.3 Å². The van der Waals surface area contributed by atoms with E-state index in [4.69, 9.17) is 0 Å². The Morgan fingerprint density at radius 1 is 1.40 bits per heavy atom. The summed E-state index contributed by atoms with van der Waals surface area (Å²) in [5.41, 5.74) is 0. The fourth-order valence-corrected chi connectivity index (χ4v) is 3.00. The van der Waals surface area contributed by atoms with Crippen LogP contribution in [-0.2, 0) is 0 Å². The van der Waals surface area contributed by atoms with Crippen molar-refractivity contribution in [2.75, 3.05) is 19.6 Å². The Morgan fingerprint density at radius 2 is 2.30 bits per heavy atom. The molecule has 0 aromatic heterocycles. The van der Waals surface area contributed by atoms with Gasteiger partial charge in [-0.2, -0.15) is 0 Å². The molecule has 0 spiro atoms. The van der Waals surface area contributed by atoms with E-state index in [1.54, 1.807) is 0 Å². The van der Waals surface area contributed by atoms with Crippen LogP contribution >= 0.6 is 22.9 Å². The van der Waals surface area contributed by atoms with E-state index in [1.807, 2.05) is 0 Å². The second-order valence-corrected chi connectivity index (χ2v) is 4.49. The highest BCUT2D eigenvalue weighted by Crippen LogP contribution is 2.28. The number of rotatable bonds is 0. The highest BCUT2D eigenvalue weighted by atomic mass is 127. The molecule has 3 heteroatoms. The van der Waals surface area contributed by atoms with Crippen LogP contribution in [0.5, 0.6) is 0 Å². The van der Waals surface area contributed by atoms with Crippen LogP contribution < -0.4 is 5.32 Å². The molecule has 0 aromatic carbocycles. The zero-order valence-corrected chi connectivity index (χ0v) is 8.17. The molecule has 2 rings (SSSR count). The summed E-state index contributed by atoms with van der Waals surface area (Å²) in [6.45, 7) is 3.77. The number of fused-ring (bicyclic) bond motifs is 1. The Balaban J connectivity index is 2.03. The van der Waals surface area contributed by atoms with Gasteiger partial charge in [-0.3, -0.25) is 0 Å². The Hall–Kier alpha value is 0.650. The van der Waals surface area contributed by atoms with Crippen molar-refractivity contribution in [2.45, 2.75) is 18.9 Å². The quantitative estimate of drug-likeness (QED) is 0.511. The van der Waals surface area contributed by atoms with E-state index in [9.17, 15) is 0 Å². The third-order valence-corrected chi connectivity index (χ3v) is 3.81. The summed E-state index contributed by atoms with van der Waals surface area (Å²) in [6, 6.07) is 0.842. The molecule has 2 nitrogen and oxygen atoms in total. The van der Waals surface area contributed by atoms with Crippen molar-refractivity contribution in [3.63, 3.8) is 0 Å². The van der Waals surface area contributed by atoms with Gasteiger partial charge in [-0.1, -0.05) is 0 Å². The fourth-order valence-electron chi connectivity index (χ4n) is 2.01. The van der Waals surface area contributed by atoms with E-state index >= 15 is 0 Å². The van der Waals surface area contributed by atoms with Crippen molar-refractivity contribution in [2.24, 2.45) is 5.92 Å². The number of halogens is 1. The van der Waals surface area contributed by atoms with Gasteiger partial charge in [-0.25, -0.2) is 3.11 Å². The molecule has 0 bridgehead atoms. The zero-order valence-electron chi connectivity index (χ0n) is 6.02. The summed E-state index contributed by atoms with van der Waals surface area (Å²) in [5.74, 6) is 0.950. The number of nitrogens with zero attached hydrogens (tertiary/aromatic N) is 1. The molecular weight excluding hydrogens is 239 g/mol. The molecule has 0 radical (unpaired) electrons. The normalized spacial score (nSPS) is 41.7. The molecule has 2 unspecified atom stereocenters. The highest BCUT2D eigenvalue weighted by molar-refractivity contribution is 14.1. The van der Waals surface area contributed by atoms with Gasteiger partial charge in [0, 0.05) is 42.0 Å². The number of nitrogens with one attached hydrogen (secondary N) is 1. The lowest BCUT2D eigenvalue weighted by atomic mass is 9.94. The lowest BCUT2D eigenvalue weighted by molar-refractivity contribution is 0.254. The van der Waals surface area contributed by atoms with E-state index in [-0.39, 0.29) is 0 Å². The van der Waals surface area contributed by atoms with Crippen LogP contribution in [0.1, 0.15) is 12.8 Å². The average Bonchev–Trinajstić information content (AvgIpc) is 2.36. The van der Waals surface area contributed by atoms with Gasteiger partial charge in [-0.05, 0) is 25.3 Å². The monoisotopic (exact) mass is 252 g/mol. The standard InChI is InChI=1S/C7H13IN2/c8-10-3-1-2-6-4-9-5-7(6)10/h6-7,9H,1-5H2. The van der Waals surface area contributed by atoms with Gasteiger partial charge >= 0.3 is 0 Å². The molecule has 2 atom stereocenters. The summed E-state index contributed by atoms with van der Waals surface area (Å²) in [4.78, 5) is 0. The van der Waals surface area contributed by atoms with E-state index < -0.39 is 0 Å². The summed E-state index contributed by atoms with van der Waals surface area (Å²) in [7, 11) is 0. The molecule has 0 amide bonds. The van der Waals surface area contributed by atoms with Crippen molar-refractivity contribution in [3.05, 3.63) is 0 Å². The van der Waals surface area contributed by atoms with Gasteiger partial charge in [0.2, 0.25) is 0 Å². The molecule has 0 aromatic rings. The van der Waals surface area contributed by atoms with E-state index in [2.05, 4.69) is 31.3 Å². The van der Waals surface area contributed by atoms with Gasteiger partial charge in [0.1, 0.15) is 0 Å². The molecule has 2 aliphatic rings. The van der Waals surface area contributed by atoms with Crippen LogP contribution in [0.2, 0.25) is 0 Å². The van der Waals surface area contributed by atoms with Crippen LogP contribution in [0.3, 0.4) is 0 Å². The molecule has 58 valence electrons. The predicted octanol–water partition coefficient (Wildman–Crippen LogP) is 1.02. The first-order chi connectivity index (χ1) is 4.88. The maximum absolute atomic E-state index is 3.45. The second kappa shape index (κ2) is 2.95. The summed E-state index contributed by atoms with van der Waals surface area (Å²) >= 11 is 2.47. The van der Waals surface area contributed by atoms with Crippen LogP contribution in [0.25, 0.3) is 0 Å². The first kappa shape index (κ1) is 7.31. The second-order valence-electron chi connectivity index (χ2n) is 3.25. The average molecular weight is 252 g/mol. The summed E-state index contributed by atoms with van der Waals surface area (Å²) in [5, 5.41) is 3.45. The third kappa shape index (κ3) is 1.19. The molecular formula is C7H13IN2. The fraction of sp³-hybridized carbons (Fsp3) is 1.00. The Bertz CT molecular complexity index is 129. The van der Waals surface area contributed by atoms with Gasteiger partial charge in [-0.15, -0.1) is 0 Å². The maximum atomic E-state index is 3.45. The first-order valence-corrected chi connectivity index (χ1v) is 4.97. The van der Waals surface area contributed by atoms with Gasteiger partial charge in [0.15, 0.2) is 0 Å². The highest BCUT2D eigenvalue weighted by Gasteiger charge is 2.33. The van der Waals surface area contributed by atoms with Crippen LogP contribution in [0.4, 0.5) is 0 Å². The number of piperidine rings is 1. The zero-order chi connectivity index (χ0) is 6.97. The minimum atomic E-state index is 0.842. The molecule has 0 aliphatic carbocycles. The van der Waals surface area contributed by atoms with Crippen molar-refractivity contribution in [1.82, 2.24) is 8.43 Å². The lowest BCUT2D eigenvalue weighted by Gasteiger charge is -2.31. The molecule has 1 N–H and O–H groups in total. The SMILES string of the molecule is IN1CCCC2CNCC21.